The van der Waals surface area contributed by atoms with E-state index in [4.69, 9.17) is 9.47 Å². The van der Waals surface area contributed by atoms with Crippen LogP contribution in [-0.4, -0.2) is 42.3 Å². The molecule has 0 aromatic heterocycles. The van der Waals surface area contributed by atoms with Crippen molar-refractivity contribution in [2.24, 2.45) is 0 Å². The topological polar surface area (TPSA) is 55.8 Å². The van der Waals surface area contributed by atoms with Gasteiger partial charge in [0.15, 0.2) is 0 Å². The van der Waals surface area contributed by atoms with E-state index in [9.17, 15) is 9.59 Å². The van der Waals surface area contributed by atoms with Crippen molar-refractivity contribution in [3.05, 3.63) is 24.3 Å². The third kappa shape index (κ3) is 7.54. The summed E-state index contributed by atoms with van der Waals surface area (Å²) in [6.45, 7) is 12.8. The Hall–Kier alpha value is -1.78. The molecule has 0 saturated carbocycles. The minimum atomic E-state index is -0.566. The van der Waals surface area contributed by atoms with Crippen molar-refractivity contribution in [2.75, 3.05) is 13.7 Å². The van der Waals surface area contributed by atoms with E-state index in [1.165, 1.54) is 4.90 Å². The van der Waals surface area contributed by atoms with Crippen LogP contribution >= 0.6 is 0 Å². The average molecular weight is 297 g/mol. The number of likely N-dealkylation sites (N-methyl/N-ethyl adjacent to an activating group) is 1. The molecule has 0 aromatic rings. The third-order valence-electron chi connectivity index (χ3n) is 2.63. The lowest BCUT2D eigenvalue weighted by Crippen LogP contribution is -2.40. The maximum atomic E-state index is 12.1. The maximum Gasteiger partial charge on any atom is 0.410 e. The standard InChI is InChI=1S/C16H27NO4/c1-8-10-13(11-12(3)14(18)20-9-2)17(7)15(19)21-16(4,5)6/h8,11,13H,1,9-10H2,2-7H3. The van der Waals surface area contributed by atoms with Crippen LogP contribution < -0.4 is 0 Å². The molecule has 0 radical (unpaired) electrons. The van der Waals surface area contributed by atoms with Crippen molar-refractivity contribution < 1.29 is 19.1 Å². The van der Waals surface area contributed by atoms with Crippen LogP contribution in [0, 0.1) is 0 Å². The first-order valence-corrected chi connectivity index (χ1v) is 7.04. The second-order valence-corrected chi connectivity index (χ2v) is 5.75. The van der Waals surface area contributed by atoms with Crippen LogP contribution in [0.2, 0.25) is 0 Å². The molecule has 0 aliphatic rings. The van der Waals surface area contributed by atoms with Crippen molar-refractivity contribution in [3.63, 3.8) is 0 Å². The SMILES string of the molecule is C=CCC(C=C(C)C(=O)OCC)N(C)C(=O)OC(C)(C)C. The first kappa shape index (κ1) is 19.2. The van der Waals surface area contributed by atoms with E-state index in [0.29, 0.717) is 18.6 Å². The van der Waals surface area contributed by atoms with E-state index < -0.39 is 11.7 Å². The van der Waals surface area contributed by atoms with Gasteiger partial charge in [-0.1, -0.05) is 12.2 Å². The van der Waals surface area contributed by atoms with Gasteiger partial charge in [-0.2, -0.15) is 0 Å². The van der Waals surface area contributed by atoms with Gasteiger partial charge in [0.2, 0.25) is 0 Å². The number of carbonyl (C=O) groups is 2. The quantitative estimate of drug-likeness (QED) is 0.429. The fraction of sp³-hybridized carbons (Fsp3) is 0.625. The van der Waals surface area contributed by atoms with Crippen molar-refractivity contribution in [1.82, 2.24) is 4.90 Å². The predicted octanol–water partition coefficient (Wildman–Crippen LogP) is 3.31. The molecule has 0 heterocycles. The fourth-order valence-corrected chi connectivity index (χ4v) is 1.58. The molecule has 0 N–H and O–H groups in total. The number of rotatable bonds is 6. The first-order chi connectivity index (χ1) is 9.62. The lowest BCUT2D eigenvalue weighted by molar-refractivity contribution is -0.138. The Morgan fingerprint density at radius 1 is 1.33 bits per heavy atom. The van der Waals surface area contributed by atoms with Gasteiger partial charge in [-0.25, -0.2) is 9.59 Å². The van der Waals surface area contributed by atoms with E-state index in [2.05, 4.69) is 6.58 Å². The Kier molecular flexibility index (Phi) is 7.77. The molecule has 0 spiro atoms. The molecule has 0 aliphatic carbocycles. The second kappa shape index (κ2) is 8.49. The molecule has 0 rings (SSSR count). The van der Waals surface area contributed by atoms with Crippen molar-refractivity contribution in [3.8, 4) is 0 Å². The number of hydrogen-bond acceptors (Lipinski definition) is 4. The fourth-order valence-electron chi connectivity index (χ4n) is 1.58. The normalized spacial score (nSPS) is 13.3. The molecule has 5 heteroatoms. The van der Waals surface area contributed by atoms with Gasteiger partial charge >= 0.3 is 12.1 Å². The Morgan fingerprint density at radius 2 is 1.90 bits per heavy atom. The highest BCUT2D eigenvalue weighted by atomic mass is 16.6. The van der Waals surface area contributed by atoms with Gasteiger partial charge in [0, 0.05) is 12.6 Å². The molecule has 0 aromatic carbocycles. The second-order valence-electron chi connectivity index (χ2n) is 5.75. The molecule has 0 bridgehead atoms. The van der Waals surface area contributed by atoms with Crippen molar-refractivity contribution in [1.29, 1.82) is 0 Å². The Balaban J connectivity index is 5.04. The van der Waals surface area contributed by atoms with E-state index in [1.807, 2.05) is 0 Å². The summed E-state index contributed by atoms with van der Waals surface area (Å²) in [6.07, 6.45) is 3.47. The zero-order valence-corrected chi connectivity index (χ0v) is 13.9. The summed E-state index contributed by atoms with van der Waals surface area (Å²) < 4.78 is 10.3. The molecule has 120 valence electrons. The minimum absolute atomic E-state index is 0.304. The summed E-state index contributed by atoms with van der Waals surface area (Å²) in [5, 5.41) is 0. The number of nitrogens with zero attached hydrogens (tertiary/aromatic N) is 1. The highest BCUT2D eigenvalue weighted by Crippen LogP contribution is 2.14. The number of esters is 1. The van der Waals surface area contributed by atoms with Gasteiger partial charge in [0.05, 0.1) is 12.6 Å². The zero-order chi connectivity index (χ0) is 16.6. The largest absolute Gasteiger partial charge is 0.463 e. The molecular weight excluding hydrogens is 270 g/mol. The van der Waals surface area contributed by atoms with Crippen LogP contribution in [0.3, 0.4) is 0 Å². The molecule has 0 aliphatic heterocycles. The smallest absolute Gasteiger partial charge is 0.410 e. The monoisotopic (exact) mass is 297 g/mol. The van der Waals surface area contributed by atoms with Crippen LogP contribution in [0.5, 0.6) is 0 Å². The Bertz CT molecular complexity index is 407. The Morgan fingerprint density at radius 3 is 2.33 bits per heavy atom. The molecule has 5 nitrogen and oxygen atoms in total. The van der Waals surface area contributed by atoms with Gasteiger partial charge in [-0.05, 0) is 41.0 Å². The molecule has 21 heavy (non-hydrogen) atoms. The molecular formula is C16H27NO4. The number of ether oxygens (including phenoxy) is 2. The highest BCUT2D eigenvalue weighted by Gasteiger charge is 2.24. The maximum absolute atomic E-state index is 12.1. The molecule has 1 amide bonds. The highest BCUT2D eigenvalue weighted by molar-refractivity contribution is 5.88. The summed E-state index contributed by atoms with van der Waals surface area (Å²) >= 11 is 0. The van der Waals surface area contributed by atoms with E-state index in [-0.39, 0.29) is 12.0 Å². The van der Waals surface area contributed by atoms with Gasteiger partial charge < -0.3 is 14.4 Å². The van der Waals surface area contributed by atoms with Gasteiger partial charge in [0.25, 0.3) is 0 Å². The average Bonchev–Trinajstić information content (AvgIpc) is 2.35. The predicted molar refractivity (Wildman–Crippen MR) is 83.0 cm³/mol. The van der Waals surface area contributed by atoms with Crippen LogP contribution in [0.1, 0.15) is 41.0 Å². The first-order valence-electron chi connectivity index (χ1n) is 7.04. The number of hydrogen-bond donors (Lipinski definition) is 0. The zero-order valence-electron chi connectivity index (χ0n) is 13.9. The molecule has 1 atom stereocenters. The van der Waals surface area contributed by atoms with Crippen LogP contribution in [0.25, 0.3) is 0 Å². The summed E-state index contributed by atoms with van der Waals surface area (Å²) in [5.74, 6) is -0.385. The van der Waals surface area contributed by atoms with Crippen LogP contribution in [0.4, 0.5) is 4.79 Å². The summed E-state index contributed by atoms with van der Waals surface area (Å²) in [7, 11) is 1.64. The van der Waals surface area contributed by atoms with E-state index >= 15 is 0 Å². The van der Waals surface area contributed by atoms with E-state index in [1.54, 1.807) is 53.8 Å². The van der Waals surface area contributed by atoms with Gasteiger partial charge in [-0.3, -0.25) is 0 Å². The van der Waals surface area contributed by atoms with Gasteiger partial charge in [0.1, 0.15) is 5.60 Å². The number of amides is 1. The summed E-state index contributed by atoms with van der Waals surface area (Å²) in [4.78, 5) is 25.2. The van der Waals surface area contributed by atoms with E-state index in [0.717, 1.165) is 0 Å². The Labute approximate surface area is 127 Å². The van der Waals surface area contributed by atoms with Crippen LogP contribution in [-0.2, 0) is 14.3 Å². The lowest BCUT2D eigenvalue weighted by Gasteiger charge is -2.29. The van der Waals surface area contributed by atoms with Crippen molar-refractivity contribution in [2.45, 2.75) is 52.7 Å². The van der Waals surface area contributed by atoms with Crippen LogP contribution in [0.15, 0.2) is 24.3 Å². The molecule has 0 saturated heterocycles. The molecule has 1 unspecified atom stereocenters. The minimum Gasteiger partial charge on any atom is -0.463 e. The summed E-state index contributed by atoms with van der Waals surface area (Å²) in [5.41, 5.74) is -0.108. The lowest BCUT2D eigenvalue weighted by atomic mass is 10.1. The summed E-state index contributed by atoms with van der Waals surface area (Å²) in [6, 6.07) is -0.304. The third-order valence-corrected chi connectivity index (χ3v) is 2.63. The molecule has 0 fully saturated rings. The number of carbonyl (C=O) groups excluding carboxylic acids is 2. The van der Waals surface area contributed by atoms with Gasteiger partial charge in [-0.15, -0.1) is 6.58 Å². The van der Waals surface area contributed by atoms with Crippen molar-refractivity contribution >= 4 is 12.1 Å².